The summed E-state index contributed by atoms with van der Waals surface area (Å²) >= 11 is 0. The lowest BCUT2D eigenvalue weighted by atomic mass is 10.1. The average molecular weight is 217 g/mol. The van der Waals surface area contributed by atoms with Crippen LogP contribution in [0.1, 0.15) is 5.56 Å². The van der Waals surface area contributed by atoms with E-state index in [0.717, 1.165) is 24.7 Å². The van der Waals surface area contributed by atoms with Gasteiger partial charge in [-0.25, -0.2) is 4.52 Å². The molecule has 3 rings (SSSR count). The third kappa shape index (κ3) is 1.44. The number of rotatable bonds is 2. The summed E-state index contributed by atoms with van der Waals surface area (Å²) < 4.78 is 1.84. The minimum atomic E-state index is 0.526. The molecular formula is C11H15N5. The molecule has 0 aliphatic carbocycles. The lowest BCUT2D eigenvalue weighted by Gasteiger charge is -2.34. The molecule has 84 valence electrons. The number of likely N-dealkylation sites (N-methyl/N-ethyl adjacent to an activating group) is 1. The zero-order chi connectivity index (χ0) is 11.1. The molecule has 0 spiro atoms. The van der Waals surface area contributed by atoms with Crippen LogP contribution in [0.5, 0.6) is 0 Å². The Morgan fingerprint density at radius 2 is 2.25 bits per heavy atom. The van der Waals surface area contributed by atoms with Gasteiger partial charge in [0.15, 0.2) is 5.65 Å². The highest BCUT2D eigenvalue weighted by molar-refractivity contribution is 5.45. The first kappa shape index (κ1) is 9.59. The van der Waals surface area contributed by atoms with Crippen molar-refractivity contribution in [2.45, 2.75) is 13.0 Å². The van der Waals surface area contributed by atoms with Gasteiger partial charge in [0, 0.05) is 26.3 Å². The van der Waals surface area contributed by atoms with E-state index in [9.17, 15) is 0 Å². The van der Waals surface area contributed by atoms with E-state index >= 15 is 0 Å². The van der Waals surface area contributed by atoms with Crippen molar-refractivity contribution < 1.29 is 0 Å². The highest BCUT2D eigenvalue weighted by Gasteiger charge is 2.24. The van der Waals surface area contributed by atoms with Crippen LogP contribution in [-0.4, -0.2) is 40.8 Å². The zero-order valence-electron chi connectivity index (χ0n) is 9.51. The zero-order valence-corrected chi connectivity index (χ0v) is 9.51. The van der Waals surface area contributed by atoms with Crippen molar-refractivity contribution in [3.05, 3.63) is 23.9 Å². The van der Waals surface area contributed by atoms with Crippen LogP contribution >= 0.6 is 0 Å². The van der Waals surface area contributed by atoms with Crippen LogP contribution in [-0.2, 0) is 0 Å². The third-order valence-corrected chi connectivity index (χ3v) is 3.09. The highest BCUT2D eigenvalue weighted by Crippen LogP contribution is 2.14. The number of aromatic nitrogens is 3. The highest BCUT2D eigenvalue weighted by atomic mass is 15.4. The summed E-state index contributed by atoms with van der Waals surface area (Å²) in [6.45, 7) is 4.09. The Balaban J connectivity index is 1.97. The lowest BCUT2D eigenvalue weighted by Crippen LogP contribution is -2.56. The van der Waals surface area contributed by atoms with Crippen LogP contribution in [0.4, 0.5) is 5.95 Å². The van der Waals surface area contributed by atoms with Gasteiger partial charge in [-0.15, -0.1) is 5.10 Å². The molecule has 0 amide bonds. The van der Waals surface area contributed by atoms with Crippen molar-refractivity contribution in [2.75, 3.05) is 25.0 Å². The van der Waals surface area contributed by atoms with Crippen molar-refractivity contribution in [3.8, 4) is 0 Å². The predicted molar refractivity (Wildman–Crippen MR) is 62.8 cm³/mol. The maximum Gasteiger partial charge on any atom is 0.245 e. The molecule has 1 fully saturated rings. The summed E-state index contributed by atoms with van der Waals surface area (Å²) in [5.41, 5.74) is 2.09. The molecule has 5 nitrogen and oxygen atoms in total. The van der Waals surface area contributed by atoms with E-state index < -0.39 is 0 Å². The quantitative estimate of drug-likeness (QED) is 0.793. The first-order valence-electron chi connectivity index (χ1n) is 5.50. The Bertz CT molecular complexity index is 514. The van der Waals surface area contributed by atoms with Gasteiger partial charge in [-0.2, -0.15) is 4.98 Å². The number of aryl methyl sites for hydroxylation is 1. The molecule has 1 aliphatic rings. The topological polar surface area (TPSA) is 45.5 Å². The van der Waals surface area contributed by atoms with Crippen LogP contribution in [0.2, 0.25) is 0 Å². The molecule has 1 N–H and O–H groups in total. The van der Waals surface area contributed by atoms with Crippen molar-refractivity contribution in [3.63, 3.8) is 0 Å². The SMILES string of the molecule is Cc1ccc2nc(N(C)C3CNC3)nn2c1. The number of fused-ring (bicyclic) bond motifs is 1. The Kier molecular flexibility index (Phi) is 2.07. The first-order chi connectivity index (χ1) is 7.74. The first-order valence-corrected chi connectivity index (χ1v) is 5.50. The average Bonchev–Trinajstić information content (AvgIpc) is 2.57. The normalized spacial score (nSPS) is 16.4. The Morgan fingerprint density at radius 1 is 1.44 bits per heavy atom. The molecule has 1 aliphatic heterocycles. The summed E-state index contributed by atoms with van der Waals surface area (Å²) in [5, 5.41) is 7.73. The smallest absolute Gasteiger partial charge is 0.245 e. The van der Waals surface area contributed by atoms with Gasteiger partial charge in [0.05, 0.1) is 6.04 Å². The Labute approximate surface area is 94.1 Å². The summed E-state index contributed by atoms with van der Waals surface area (Å²) in [4.78, 5) is 6.64. The van der Waals surface area contributed by atoms with Gasteiger partial charge in [-0.05, 0) is 18.6 Å². The van der Waals surface area contributed by atoms with Crippen molar-refractivity contribution in [1.29, 1.82) is 0 Å². The second-order valence-electron chi connectivity index (χ2n) is 4.34. The van der Waals surface area contributed by atoms with Crippen molar-refractivity contribution in [2.24, 2.45) is 0 Å². The van der Waals surface area contributed by atoms with E-state index in [1.54, 1.807) is 0 Å². The van der Waals surface area contributed by atoms with Crippen LogP contribution in [0.25, 0.3) is 5.65 Å². The molecule has 0 saturated carbocycles. The monoisotopic (exact) mass is 217 g/mol. The van der Waals surface area contributed by atoms with E-state index in [1.807, 2.05) is 23.8 Å². The summed E-state index contributed by atoms with van der Waals surface area (Å²) in [5.74, 6) is 0.803. The van der Waals surface area contributed by atoms with Crippen molar-refractivity contribution >= 4 is 11.6 Å². The molecule has 2 aromatic rings. The molecule has 0 bridgehead atoms. The minimum Gasteiger partial charge on any atom is -0.337 e. The standard InChI is InChI=1S/C11H15N5/c1-8-3-4-10-13-11(14-16(10)7-8)15(2)9-5-12-6-9/h3-4,7,9,12H,5-6H2,1-2H3. The molecule has 3 heterocycles. The van der Waals surface area contributed by atoms with Crippen molar-refractivity contribution in [1.82, 2.24) is 19.9 Å². The van der Waals surface area contributed by atoms with Gasteiger partial charge in [-0.3, -0.25) is 0 Å². The Morgan fingerprint density at radius 3 is 2.94 bits per heavy atom. The number of anilines is 1. The Hall–Kier alpha value is -1.62. The van der Waals surface area contributed by atoms with Gasteiger partial charge in [-0.1, -0.05) is 6.07 Å². The lowest BCUT2D eigenvalue weighted by molar-refractivity contribution is 0.424. The molecule has 0 radical (unpaired) electrons. The fourth-order valence-electron chi connectivity index (χ4n) is 1.83. The van der Waals surface area contributed by atoms with Crippen LogP contribution in [0.3, 0.4) is 0 Å². The maximum atomic E-state index is 4.51. The van der Waals surface area contributed by atoms with Gasteiger partial charge in [0.1, 0.15) is 0 Å². The predicted octanol–water partition coefficient (Wildman–Crippen LogP) is 0.446. The molecule has 0 atom stereocenters. The van der Waals surface area contributed by atoms with Gasteiger partial charge >= 0.3 is 0 Å². The number of nitrogens with zero attached hydrogens (tertiary/aromatic N) is 4. The summed E-state index contributed by atoms with van der Waals surface area (Å²) in [6.07, 6.45) is 2.00. The van der Waals surface area contributed by atoms with Crippen LogP contribution in [0.15, 0.2) is 18.3 Å². The molecule has 0 unspecified atom stereocenters. The summed E-state index contributed by atoms with van der Waals surface area (Å²) in [6, 6.07) is 4.58. The molecule has 2 aromatic heterocycles. The van der Waals surface area contributed by atoms with E-state index in [1.165, 1.54) is 5.56 Å². The van der Waals surface area contributed by atoms with Gasteiger partial charge in [0.2, 0.25) is 5.95 Å². The summed E-state index contributed by atoms with van der Waals surface area (Å²) in [7, 11) is 2.05. The van der Waals surface area contributed by atoms with Crippen LogP contribution in [0, 0.1) is 6.92 Å². The maximum absolute atomic E-state index is 4.51. The largest absolute Gasteiger partial charge is 0.337 e. The van der Waals surface area contributed by atoms with E-state index in [0.29, 0.717) is 6.04 Å². The van der Waals surface area contributed by atoms with E-state index in [-0.39, 0.29) is 0 Å². The van der Waals surface area contributed by atoms with Gasteiger partial charge < -0.3 is 10.2 Å². The van der Waals surface area contributed by atoms with E-state index in [2.05, 4.69) is 33.3 Å². The minimum absolute atomic E-state index is 0.526. The number of hydrogen-bond donors (Lipinski definition) is 1. The molecule has 5 heteroatoms. The molecule has 16 heavy (non-hydrogen) atoms. The third-order valence-electron chi connectivity index (χ3n) is 3.09. The van der Waals surface area contributed by atoms with Gasteiger partial charge in [0.25, 0.3) is 0 Å². The van der Waals surface area contributed by atoms with Crippen LogP contribution < -0.4 is 10.2 Å². The molecular weight excluding hydrogens is 202 g/mol. The fourth-order valence-corrected chi connectivity index (χ4v) is 1.83. The second-order valence-corrected chi connectivity index (χ2v) is 4.34. The molecule has 1 saturated heterocycles. The number of pyridine rings is 1. The second kappa shape index (κ2) is 3.45. The molecule has 0 aromatic carbocycles. The van der Waals surface area contributed by atoms with E-state index in [4.69, 9.17) is 0 Å². The number of nitrogens with one attached hydrogen (secondary N) is 1. The fraction of sp³-hybridized carbons (Fsp3) is 0.455. The number of hydrogen-bond acceptors (Lipinski definition) is 4.